The molecule has 1 aromatic rings. The summed E-state index contributed by atoms with van der Waals surface area (Å²) < 4.78 is 14.4. The minimum atomic E-state index is -0.254. The Kier molecular flexibility index (Phi) is 4.93. The first kappa shape index (κ1) is 14.5. The van der Waals surface area contributed by atoms with Crippen molar-refractivity contribution in [3.05, 3.63) is 34.1 Å². The predicted octanol–water partition coefficient (Wildman–Crippen LogP) is 2.34. The highest BCUT2D eigenvalue weighted by molar-refractivity contribution is 9.10. The maximum atomic E-state index is 13.6. The van der Waals surface area contributed by atoms with Crippen molar-refractivity contribution in [2.75, 3.05) is 19.6 Å². The lowest BCUT2D eigenvalue weighted by Crippen LogP contribution is -2.51. The molecule has 1 N–H and O–H groups in total. The lowest BCUT2D eigenvalue weighted by molar-refractivity contribution is -0.132. The Morgan fingerprint density at radius 2 is 2.37 bits per heavy atom. The fourth-order valence-corrected chi connectivity index (χ4v) is 2.62. The molecule has 1 amide bonds. The van der Waals surface area contributed by atoms with E-state index in [0.29, 0.717) is 24.4 Å². The molecule has 19 heavy (non-hydrogen) atoms. The van der Waals surface area contributed by atoms with E-state index < -0.39 is 0 Å². The van der Waals surface area contributed by atoms with Gasteiger partial charge < -0.3 is 10.2 Å². The average Bonchev–Trinajstić information content (AvgIpc) is 2.37. The van der Waals surface area contributed by atoms with Gasteiger partial charge in [-0.15, -0.1) is 0 Å². The van der Waals surface area contributed by atoms with E-state index in [1.54, 1.807) is 12.1 Å². The van der Waals surface area contributed by atoms with Crippen molar-refractivity contribution in [2.24, 2.45) is 0 Å². The van der Waals surface area contributed by atoms with Crippen LogP contribution >= 0.6 is 15.9 Å². The minimum Gasteiger partial charge on any atom is -0.340 e. The van der Waals surface area contributed by atoms with Crippen LogP contribution in [-0.2, 0) is 11.2 Å². The van der Waals surface area contributed by atoms with E-state index in [9.17, 15) is 9.18 Å². The SMILES string of the molecule is CC1CN(C(=O)CCc2ccc(Br)cc2F)CCN1. The number of carbonyl (C=O) groups is 1. The number of carbonyl (C=O) groups excluding carboxylic acids is 1. The molecular weight excluding hydrogens is 311 g/mol. The second kappa shape index (κ2) is 6.48. The molecule has 1 saturated heterocycles. The number of aryl methyl sites for hydroxylation is 1. The second-order valence-electron chi connectivity index (χ2n) is 4.93. The number of piperazine rings is 1. The van der Waals surface area contributed by atoms with E-state index in [-0.39, 0.29) is 11.7 Å². The van der Waals surface area contributed by atoms with Crippen molar-refractivity contribution < 1.29 is 9.18 Å². The summed E-state index contributed by atoms with van der Waals surface area (Å²) in [6.07, 6.45) is 0.821. The van der Waals surface area contributed by atoms with Crippen LogP contribution in [0, 0.1) is 5.82 Å². The third-order valence-electron chi connectivity index (χ3n) is 3.34. The topological polar surface area (TPSA) is 32.3 Å². The largest absolute Gasteiger partial charge is 0.340 e. The van der Waals surface area contributed by atoms with Crippen LogP contribution in [0.1, 0.15) is 18.9 Å². The molecule has 3 nitrogen and oxygen atoms in total. The van der Waals surface area contributed by atoms with E-state index in [1.807, 2.05) is 4.90 Å². The highest BCUT2D eigenvalue weighted by Crippen LogP contribution is 2.17. The van der Waals surface area contributed by atoms with Gasteiger partial charge in [0.1, 0.15) is 5.82 Å². The highest BCUT2D eigenvalue weighted by Gasteiger charge is 2.20. The lowest BCUT2D eigenvalue weighted by atomic mass is 10.1. The van der Waals surface area contributed by atoms with Crippen molar-refractivity contribution in [3.8, 4) is 0 Å². The number of nitrogens with zero attached hydrogens (tertiary/aromatic N) is 1. The molecule has 0 bridgehead atoms. The Morgan fingerprint density at radius 3 is 3.05 bits per heavy atom. The molecule has 5 heteroatoms. The monoisotopic (exact) mass is 328 g/mol. The summed E-state index contributed by atoms with van der Waals surface area (Å²) in [5.74, 6) is -0.147. The smallest absolute Gasteiger partial charge is 0.222 e. The van der Waals surface area contributed by atoms with Gasteiger partial charge in [-0.2, -0.15) is 0 Å². The van der Waals surface area contributed by atoms with Crippen LogP contribution in [0.15, 0.2) is 22.7 Å². The van der Waals surface area contributed by atoms with Gasteiger partial charge in [-0.05, 0) is 31.0 Å². The van der Waals surface area contributed by atoms with Gasteiger partial charge in [0.15, 0.2) is 0 Å². The molecule has 2 rings (SSSR count). The van der Waals surface area contributed by atoms with Crippen molar-refractivity contribution >= 4 is 21.8 Å². The van der Waals surface area contributed by atoms with Gasteiger partial charge >= 0.3 is 0 Å². The predicted molar refractivity (Wildman–Crippen MR) is 76.5 cm³/mol. The first-order valence-corrected chi connectivity index (χ1v) is 7.30. The Bertz CT molecular complexity index is 467. The van der Waals surface area contributed by atoms with Crippen LogP contribution < -0.4 is 5.32 Å². The highest BCUT2D eigenvalue weighted by atomic mass is 79.9. The zero-order chi connectivity index (χ0) is 13.8. The van der Waals surface area contributed by atoms with Gasteiger partial charge in [-0.25, -0.2) is 4.39 Å². The van der Waals surface area contributed by atoms with Crippen molar-refractivity contribution in [2.45, 2.75) is 25.8 Å². The Morgan fingerprint density at radius 1 is 1.58 bits per heavy atom. The second-order valence-corrected chi connectivity index (χ2v) is 5.85. The molecule has 0 spiro atoms. The molecule has 104 valence electrons. The van der Waals surface area contributed by atoms with E-state index in [4.69, 9.17) is 0 Å². The quantitative estimate of drug-likeness (QED) is 0.923. The molecular formula is C14H18BrFN2O. The summed E-state index contributed by atoms with van der Waals surface area (Å²) in [6.45, 7) is 4.38. The van der Waals surface area contributed by atoms with Gasteiger partial charge in [0, 0.05) is 36.6 Å². The molecule has 0 radical (unpaired) electrons. The van der Waals surface area contributed by atoms with E-state index in [2.05, 4.69) is 28.2 Å². The maximum absolute atomic E-state index is 13.6. The summed E-state index contributed by atoms with van der Waals surface area (Å²) in [5, 5.41) is 3.30. The van der Waals surface area contributed by atoms with Gasteiger partial charge in [0.2, 0.25) is 5.91 Å². The normalized spacial score (nSPS) is 19.5. The summed E-state index contributed by atoms with van der Waals surface area (Å²) in [5.41, 5.74) is 0.597. The molecule has 1 aliphatic heterocycles. The van der Waals surface area contributed by atoms with E-state index >= 15 is 0 Å². The number of halogens is 2. The first-order chi connectivity index (χ1) is 9.06. The van der Waals surface area contributed by atoms with E-state index in [1.165, 1.54) is 6.07 Å². The summed E-state index contributed by atoms with van der Waals surface area (Å²) >= 11 is 3.22. The maximum Gasteiger partial charge on any atom is 0.222 e. The van der Waals surface area contributed by atoms with Crippen molar-refractivity contribution in [1.82, 2.24) is 10.2 Å². The van der Waals surface area contributed by atoms with Gasteiger partial charge in [-0.3, -0.25) is 4.79 Å². The van der Waals surface area contributed by atoms with Crippen molar-refractivity contribution in [1.29, 1.82) is 0 Å². The molecule has 1 heterocycles. The minimum absolute atomic E-state index is 0.107. The molecule has 0 saturated carbocycles. The fourth-order valence-electron chi connectivity index (χ4n) is 2.28. The zero-order valence-electron chi connectivity index (χ0n) is 11.0. The standard InChI is InChI=1S/C14H18BrFN2O/c1-10-9-18(7-6-17-10)14(19)5-3-11-2-4-12(15)8-13(11)16/h2,4,8,10,17H,3,5-7,9H2,1H3. The Hall–Kier alpha value is -0.940. The number of benzene rings is 1. The van der Waals surface area contributed by atoms with Crippen LogP contribution in [0.4, 0.5) is 4.39 Å². The summed E-state index contributed by atoms with van der Waals surface area (Å²) in [6, 6.07) is 5.30. The number of hydrogen-bond donors (Lipinski definition) is 1. The number of hydrogen-bond acceptors (Lipinski definition) is 2. The molecule has 0 aromatic heterocycles. The van der Waals surface area contributed by atoms with Crippen LogP contribution in [0.25, 0.3) is 0 Å². The van der Waals surface area contributed by atoms with Crippen LogP contribution in [0.3, 0.4) is 0 Å². The average molecular weight is 329 g/mol. The molecule has 0 aliphatic carbocycles. The van der Waals surface area contributed by atoms with E-state index in [0.717, 1.165) is 24.1 Å². The number of nitrogens with one attached hydrogen (secondary N) is 1. The Balaban J connectivity index is 1.89. The summed E-state index contributed by atoms with van der Waals surface area (Å²) in [4.78, 5) is 13.9. The molecule has 1 fully saturated rings. The summed E-state index contributed by atoms with van der Waals surface area (Å²) in [7, 11) is 0. The Labute approximate surface area is 121 Å². The van der Waals surface area contributed by atoms with Crippen LogP contribution in [0.5, 0.6) is 0 Å². The van der Waals surface area contributed by atoms with Gasteiger partial charge in [0.25, 0.3) is 0 Å². The molecule has 1 unspecified atom stereocenters. The molecule has 1 aromatic carbocycles. The molecule has 1 aliphatic rings. The third kappa shape index (κ3) is 4.01. The van der Waals surface area contributed by atoms with Gasteiger partial charge in [0.05, 0.1) is 0 Å². The molecule has 1 atom stereocenters. The zero-order valence-corrected chi connectivity index (χ0v) is 12.5. The fraction of sp³-hybridized carbons (Fsp3) is 0.500. The number of rotatable bonds is 3. The first-order valence-electron chi connectivity index (χ1n) is 6.51. The lowest BCUT2D eigenvalue weighted by Gasteiger charge is -2.32. The number of amides is 1. The van der Waals surface area contributed by atoms with Crippen molar-refractivity contribution in [3.63, 3.8) is 0 Å². The van der Waals surface area contributed by atoms with Crippen LogP contribution in [-0.4, -0.2) is 36.5 Å². The van der Waals surface area contributed by atoms with Gasteiger partial charge in [-0.1, -0.05) is 22.0 Å². The van der Waals surface area contributed by atoms with Crippen LogP contribution in [0.2, 0.25) is 0 Å². The third-order valence-corrected chi connectivity index (χ3v) is 3.84.